The van der Waals surface area contributed by atoms with Gasteiger partial charge < -0.3 is 24.5 Å². The number of hydrogen-bond donors (Lipinski definition) is 2. The van der Waals surface area contributed by atoms with Gasteiger partial charge >= 0.3 is 12.0 Å². The zero-order valence-electron chi connectivity index (χ0n) is 14.4. The topological polar surface area (TPSA) is 92.0 Å². The van der Waals surface area contributed by atoms with Crippen LogP contribution < -0.4 is 5.32 Å². The predicted octanol–water partition coefficient (Wildman–Crippen LogP) is 2.42. The minimum atomic E-state index is -0.850. The minimum Gasteiger partial charge on any atom is -0.481 e. The Labute approximate surface area is 142 Å². The molecule has 3 unspecified atom stereocenters. The first-order chi connectivity index (χ1) is 11.4. The fraction of sp³-hybridized carbons (Fsp3) is 0.647. The Morgan fingerprint density at radius 3 is 2.79 bits per heavy atom. The zero-order valence-corrected chi connectivity index (χ0v) is 14.4. The Bertz CT molecular complexity index is 571. The first-order valence-electron chi connectivity index (χ1n) is 8.24. The number of rotatable bonds is 6. The second-order valence-electron chi connectivity index (χ2n) is 6.51. The molecule has 7 nitrogen and oxygen atoms in total. The molecule has 2 amide bonds. The van der Waals surface area contributed by atoms with Gasteiger partial charge in [-0.2, -0.15) is 0 Å². The number of methoxy groups -OCH3 is 1. The normalized spacial score (nSPS) is 22.2. The number of carbonyl (C=O) groups excluding carboxylic acids is 1. The summed E-state index contributed by atoms with van der Waals surface area (Å²) in [7, 11) is 1.61. The molecule has 3 atom stereocenters. The lowest BCUT2D eigenvalue weighted by molar-refractivity contribution is -0.143. The number of carbonyl (C=O) groups is 2. The highest BCUT2D eigenvalue weighted by molar-refractivity contribution is 5.77. The fourth-order valence-corrected chi connectivity index (χ4v) is 3.10. The fourth-order valence-electron chi connectivity index (χ4n) is 3.10. The number of nitrogens with zero attached hydrogens (tertiary/aromatic N) is 1. The van der Waals surface area contributed by atoms with E-state index in [0.29, 0.717) is 31.8 Å². The van der Waals surface area contributed by atoms with Crippen molar-refractivity contribution in [2.24, 2.45) is 11.8 Å². The number of furan rings is 1. The standard InChI is InChI=1S/C17H26N2O5/c1-11-8-13(16(20)21)10-19(9-11)17(22)18-14(6-7-23-3)15-5-4-12(2)24-15/h4-5,11,13-14H,6-10H2,1-3H3,(H,18,22)(H,20,21). The van der Waals surface area contributed by atoms with E-state index in [4.69, 9.17) is 9.15 Å². The van der Waals surface area contributed by atoms with Crippen LogP contribution in [0.25, 0.3) is 0 Å². The molecular formula is C17H26N2O5. The highest BCUT2D eigenvalue weighted by atomic mass is 16.5. The molecule has 0 bridgehead atoms. The summed E-state index contributed by atoms with van der Waals surface area (Å²) in [5, 5.41) is 12.2. The number of ether oxygens (including phenoxy) is 1. The molecule has 0 saturated carbocycles. The number of aryl methyl sites for hydroxylation is 1. The van der Waals surface area contributed by atoms with Crippen molar-refractivity contribution in [2.45, 2.75) is 32.7 Å². The van der Waals surface area contributed by atoms with E-state index < -0.39 is 11.9 Å². The lowest BCUT2D eigenvalue weighted by atomic mass is 9.91. The van der Waals surface area contributed by atoms with Gasteiger partial charge in [-0.1, -0.05) is 6.92 Å². The van der Waals surface area contributed by atoms with Crippen LogP contribution in [0.4, 0.5) is 4.79 Å². The molecule has 2 N–H and O–H groups in total. The first-order valence-corrected chi connectivity index (χ1v) is 8.24. The van der Waals surface area contributed by atoms with Crippen LogP contribution in [-0.2, 0) is 9.53 Å². The molecule has 1 aromatic heterocycles. The smallest absolute Gasteiger partial charge is 0.318 e. The van der Waals surface area contributed by atoms with E-state index in [1.54, 1.807) is 12.0 Å². The molecule has 1 fully saturated rings. The van der Waals surface area contributed by atoms with Gasteiger partial charge in [0, 0.05) is 26.8 Å². The highest BCUT2D eigenvalue weighted by Gasteiger charge is 2.32. The lowest BCUT2D eigenvalue weighted by Crippen LogP contribution is -2.50. The molecule has 134 valence electrons. The second-order valence-corrected chi connectivity index (χ2v) is 6.51. The Morgan fingerprint density at radius 1 is 1.46 bits per heavy atom. The summed E-state index contributed by atoms with van der Waals surface area (Å²) in [4.78, 5) is 25.5. The molecule has 2 heterocycles. The summed E-state index contributed by atoms with van der Waals surface area (Å²) in [5.41, 5.74) is 0. The van der Waals surface area contributed by atoms with Gasteiger partial charge in [-0.05, 0) is 37.8 Å². The maximum Gasteiger partial charge on any atom is 0.318 e. The molecule has 1 saturated heterocycles. The number of piperidine rings is 1. The predicted molar refractivity (Wildman–Crippen MR) is 87.7 cm³/mol. The molecule has 1 aliphatic heterocycles. The number of hydrogen-bond acceptors (Lipinski definition) is 4. The van der Waals surface area contributed by atoms with Crippen molar-refractivity contribution >= 4 is 12.0 Å². The third-order valence-electron chi connectivity index (χ3n) is 4.31. The summed E-state index contributed by atoms with van der Waals surface area (Å²) >= 11 is 0. The van der Waals surface area contributed by atoms with Gasteiger partial charge in [0.05, 0.1) is 12.0 Å². The van der Waals surface area contributed by atoms with Crippen LogP contribution in [0.3, 0.4) is 0 Å². The van der Waals surface area contributed by atoms with Crippen LogP contribution in [0.5, 0.6) is 0 Å². The van der Waals surface area contributed by atoms with Gasteiger partial charge in [-0.3, -0.25) is 4.79 Å². The van der Waals surface area contributed by atoms with Crippen LogP contribution in [0.2, 0.25) is 0 Å². The van der Waals surface area contributed by atoms with Crippen molar-refractivity contribution in [1.29, 1.82) is 0 Å². The molecule has 0 aromatic carbocycles. The number of urea groups is 1. The van der Waals surface area contributed by atoms with E-state index in [1.807, 2.05) is 26.0 Å². The average Bonchev–Trinajstić information content (AvgIpc) is 2.96. The summed E-state index contributed by atoms with van der Waals surface area (Å²) in [6, 6.07) is 3.13. The average molecular weight is 338 g/mol. The molecule has 0 spiro atoms. The van der Waals surface area contributed by atoms with Gasteiger partial charge in [-0.15, -0.1) is 0 Å². The van der Waals surface area contributed by atoms with Crippen molar-refractivity contribution in [3.63, 3.8) is 0 Å². The largest absolute Gasteiger partial charge is 0.481 e. The van der Waals surface area contributed by atoms with Crippen molar-refractivity contribution in [2.75, 3.05) is 26.8 Å². The molecule has 1 aliphatic rings. The molecule has 24 heavy (non-hydrogen) atoms. The van der Waals surface area contributed by atoms with Gasteiger partial charge in [0.2, 0.25) is 0 Å². The number of carboxylic acids is 1. The second kappa shape index (κ2) is 8.19. The van der Waals surface area contributed by atoms with Crippen LogP contribution >= 0.6 is 0 Å². The van der Waals surface area contributed by atoms with Crippen LogP contribution in [-0.4, -0.2) is 48.8 Å². The number of likely N-dealkylation sites (tertiary alicyclic amines) is 1. The van der Waals surface area contributed by atoms with Crippen molar-refractivity contribution in [3.05, 3.63) is 23.7 Å². The van der Waals surface area contributed by atoms with Crippen molar-refractivity contribution in [1.82, 2.24) is 10.2 Å². The maximum atomic E-state index is 12.6. The van der Waals surface area contributed by atoms with E-state index in [2.05, 4.69) is 5.32 Å². The molecule has 0 aliphatic carbocycles. The number of nitrogens with one attached hydrogen (secondary N) is 1. The van der Waals surface area contributed by atoms with Crippen LogP contribution in [0.15, 0.2) is 16.5 Å². The monoisotopic (exact) mass is 338 g/mol. The quantitative estimate of drug-likeness (QED) is 0.831. The van der Waals surface area contributed by atoms with Gasteiger partial charge in [0.25, 0.3) is 0 Å². The minimum absolute atomic E-state index is 0.161. The number of carboxylic acid groups (broad SMARTS) is 1. The van der Waals surface area contributed by atoms with Crippen molar-refractivity contribution < 1.29 is 23.8 Å². The summed E-state index contributed by atoms with van der Waals surface area (Å²) in [6.45, 7) is 5.10. The first kappa shape index (κ1) is 18.3. The number of aliphatic carboxylic acids is 1. The highest BCUT2D eigenvalue weighted by Crippen LogP contribution is 2.24. The van der Waals surface area contributed by atoms with E-state index in [1.165, 1.54) is 0 Å². The van der Waals surface area contributed by atoms with E-state index in [9.17, 15) is 14.7 Å². The molecule has 2 rings (SSSR count). The van der Waals surface area contributed by atoms with E-state index in [-0.39, 0.29) is 24.5 Å². The van der Waals surface area contributed by atoms with Gasteiger partial charge in [-0.25, -0.2) is 4.79 Å². The van der Waals surface area contributed by atoms with Crippen molar-refractivity contribution in [3.8, 4) is 0 Å². The lowest BCUT2D eigenvalue weighted by Gasteiger charge is -2.35. The van der Waals surface area contributed by atoms with Crippen LogP contribution in [0.1, 0.15) is 37.3 Å². The molecule has 1 aromatic rings. The van der Waals surface area contributed by atoms with Crippen LogP contribution in [0, 0.1) is 18.8 Å². The zero-order chi connectivity index (χ0) is 17.7. The molecule has 0 radical (unpaired) electrons. The third-order valence-corrected chi connectivity index (χ3v) is 4.31. The SMILES string of the molecule is COCCC(NC(=O)N1CC(C)CC(C(=O)O)C1)c1ccc(C)o1. The number of amides is 2. The Hall–Kier alpha value is -2.02. The Balaban J connectivity index is 2.04. The van der Waals surface area contributed by atoms with Gasteiger partial charge in [0.15, 0.2) is 0 Å². The Kier molecular flexibility index (Phi) is 6.25. The summed E-state index contributed by atoms with van der Waals surface area (Å²) in [6.07, 6.45) is 1.19. The summed E-state index contributed by atoms with van der Waals surface area (Å²) < 4.78 is 10.7. The third kappa shape index (κ3) is 4.74. The molecular weight excluding hydrogens is 312 g/mol. The van der Waals surface area contributed by atoms with E-state index >= 15 is 0 Å². The molecule has 7 heteroatoms. The summed E-state index contributed by atoms with van der Waals surface area (Å²) in [5.74, 6) is 0.255. The maximum absolute atomic E-state index is 12.6. The Morgan fingerprint density at radius 2 is 2.21 bits per heavy atom. The van der Waals surface area contributed by atoms with Gasteiger partial charge in [0.1, 0.15) is 11.5 Å². The van der Waals surface area contributed by atoms with E-state index in [0.717, 1.165) is 5.76 Å².